The van der Waals surface area contributed by atoms with Gasteiger partial charge in [0.25, 0.3) is 0 Å². The summed E-state index contributed by atoms with van der Waals surface area (Å²) in [6.45, 7) is 3.68. The Hall–Kier alpha value is -4.88. The minimum absolute atomic E-state index is 0.264. The number of para-hydroxylation sites is 1. The van der Waals surface area contributed by atoms with Crippen LogP contribution >= 0.6 is 0 Å². The Balaban J connectivity index is 1.85. The minimum atomic E-state index is -4.57. The van der Waals surface area contributed by atoms with E-state index in [1.807, 2.05) is 5.43 Å². The fraction of sp³-hybridized carbons (Fsp3) is 0.296. The van der Waals surface area contributed by atoms with E-state index in [4.69, 9.17) is 4.74 Å². The lowest BCUT2D eigenvalue weighted by molar-refractivity contribution is -0.138. The van der Waals surface area contributed by atoms with E-state index >= 15 is 0 Å². The molecule has 1 heterocycles. The van der Waals surface area contributed by atoms with Crippen molar-refractivity contribution in [3.05, 3.63) is 71.9 Å². The highest BCUT2D eigenvalue weighted by atomic mass is 19.4. The number of hydrogen-bond acceptors (Lipinski definition) is 6. The summed E-state index contributed by atoms with van der Waals surface area (Å²) >= 11 is 0. The molecule has 1 aromatic heterocycles. The Labute approximate surface area is 232 Å². The highest BCUT2D eigenvalue weighted by Crippen LogP contribution is 2.29. The van der Waals surface area contributed by atoms with Gasteiger partial charge in [0.15, 0.2) is 0 Å². The summed E-state index contributed by atoms with van der Waals surface area (Å²) in [5.41, 5.74) is 1.36. The van der Waals surface area contributed by atoms with E-state index in [1.165, 1.54) is 6.20 Å². The van der Waals surface area contributed by atoms with Crippen LogP contribution in [0.1, 0.15) is 31.9 Å². The lowest BCUT2D eigenvalue weighted by Crippen LogP contribution is -2.57. The van der Waals surface area contributed by atoms with E-state index in [2.05, 4.69) is 15.6 Å². The number of rotatable bonds is 7. The number of carbonyl (C=O) groups excluding carboxylic acids is 3. The second-order valence-corrected chi connectivity index (χ2v) is 9.90. The normalized spacial score (nSPS) is 12.2. The van der Waals surface area contributed by atoms with Crippen LogP contribution < -0.4 is 16.1 Å². The van der Waals surface area contributed by atoms with Crippen molar-refractivity contribution in [2.45, 2.75) is 45.0 Å². The monoisotopic (exact) mass is 575 g/mol. The molecule has 3 aromatic rings. The van der Waals surface area contributed by atoms with Crippen LogP contribution in [-0.2, 0) is 26.9 Å². The molecule has 2 aromatic carbocycles. The van der Waals surface area contributed by atoms with E-state index in [9.17, 15) is 37.5 Å². The van der Waals surface area contributed by atoms with Crippen molar-refractivity contribution in [1.82, 2.24) is 20.7 Å². The standard InChI is InChI=1S/C27H28F3N5O6/c1-26(2,3)41-25(40)34-35(15-22(36)37)24(39)33-21(12-16-8-10-18(11-9-16)27(28,29)30)23(38)32-19-13-17-6-4-5-7-20(17)31-14-19/h4-11,13-14,21H,12,15H2,1-3H3,(H,32,38)(H,33,39)(H,34,40)(H,36,37). The van der Waals surface area contributed by atoms with Crippen LogP contribution in [0.3, 0.4) is 0 Å². The largest absolute Gasteiger partial charge is 0.480 e. The molecule has 0 saturated heterocycles. The molecule has 0 saturated carbocycles. The maximum absolute atomic E-state index is 13.3. The third-order valence-corrected chi connectivity index (χ3v) is 5.36. The summed E-state index contributed by atoms with van der Waals surface area (Å²) in [6, 6.07) is 10.1. The van der Waals surface area contributed by atoms with Crippen molar-refractivity contribution in [3.8, 4) is 0 Å². The van der Waals surface area contributed by atoms with Crippen LogP contribution in [0.4, 0.5) is 28.4 Å². The third-order valence-electron chi connectivity index (χ3n) is 5.36. The van der Waals surface area contributed by atoms with Gasteiger partial charge in [-0.25, -0.2) is 20.0 Å². The Morgan fingerprint density at radius 1 is 1.02 bits per heavy atom. The molecule has 4 amide bonds. The number of urea groups is 1. The lowest BCUT2D eigenvalue weighted by Gasteiger charge is -2.27. The molecule has 41 heavy (non-hydrogen) atoms. The number of hydrogen-bond donors (Lipinski definition) is 4. The first-order valence-electron chi connectivity index (χ1n) is 12.2. The summed E-state index contributed by atoms with van der Waals surface area (Å²) in [5.74, 6) is -2.26. The number of carbonyl (C=O) groups is 4. The highest BCUT2D eigenvalue weighted by Gasteiger charge is 2.31. The minimum Gasteiger partial charge on any atom is -0.480 e. The number of ether oxygens (including phenoxy) is 1. The van der Waals surface area contributed by atoms with Crippen LogP contribution in [0.2, 0.25) is 0 Å². The number of hydrazine groups is 1. The van der Waals surface area contributed by atoms with Crippen LogP contribution in [0.5, 0.6) is 0 Å². The fourth-order valence-electron chi connectivity index (χ4n) is 3.58. The number of carboxylic acid groups (broad SMARTS) is 1. The van der Waals surface area contributed by atoms with Crippen LogP contribution in [0.25, 0.3) is 10.9 Å². The third kappa shape index (κ3) is 9.37. The molecule has 3 rings (SSSR count). The first-order valence-corrected chi connectivity index (χ1v) is 12.2. The van der Waals surface area contributed by atoms with Gasteiger partial charge in [0, 0.05) is 11.8 Å². The van der Waals surface area contributed by atoms with Crippen LogP contribution in [-0.4, -0.2) is 57.3 Å². The topological polar surface area (TPSA) is 150 Å². The average Bonchev–Trinajstić information content (AvgIpc) is 2.86. The number of halogens is 3. The molecule has 4 N–H and O–H groups in total. The van der Waals surface area contributed by atoms with Crippen molar-refractivity contribution in [2.75, 3.05) is 11.9 Å². The number of pyridine rings is 1. The van der Waals surface area contributed by atoms with Gasteiger partial charge < -0.3 is 20.5 Å². The van der Waals surface area contributed by atoms with E-state index in [-0.39, 0.29) is 17.7 Å². The molecular formula is C27H28F3N5O6. The van der Waals surface area contributed by atoms with Gasteiger partial charge in [0.1, 0.15) is 18.2 Å². The zero-order valence-corrected chi connectivity index (χ0v) is 22.3. The summed E-state index contributed by atoms with van der Waals surface area (Å²) in [4.78, 5) is 54.1. The molecule has 1 unspecified atom stereocenters. The molecule has 0 aliphatic heterocycles. The van der Waals surface area contributed by atoms with Gasteiger partial charge in [0.05, 0.1) is 23.0 Å². The second-order valence-electron chi connectivity index (χ2n) is 9.90. The number of nitrogens with one attached hydrogen (secondary N) is 3. The van der Waals surface area contributed by atoms with Gasteiger partial charge in [-0.1, -0.05) is 30.3 Å². The number of nitrogens with zero attached hydrogens (tertiary/aromatic N) is 2. The SMILES string of the molecule is CC(C)(C)OC(=O)NN(CC(=O)O)C(=O)NC(Cc1ccc(C(F)(F)F)cc1)C(=O)Nc1cnc2ccccc2c1. The maximum atomic E-state index is 13.3. The smallest absolute Gasteiger partial charge is 0.426 e. The fourth-order valence-corrected chi connectivity index (χ4v) is 3.58. The number of anilines is 1. The van der Waals surface area contributed by atoms with Gasteiger partial charge in [-0.15, -0.1) is 0 Å². The van der Waals surface area contributed by atoms with Crippen molar-refractivity contribution in [1.29, 1.82) is 0 Å². The van der Waals surface area contributed by atoms with E-state index in [0.29, 0.717) is 15.9 Å². The van der Waals surface area contributed by atoms with E-state index in [1.54, 1.807) is 51.1 Å². The van der Waals surface area contributed by atoms with Gasteiger partial charge >= 0.3 is 24.3 Å². The van der Waals surface area contributed by atoms with Crippen LogP contribution in [0, 0.1) is 0 Å². The number of aliphatic carboxylic acids is 1. The Bertz CT molecular complexity index is 1420. The zero-order chi connectivity index (χ0) is 30.4. The molecule has 1 atom stereocenters. The first kappa shape index (κ1) is 30.7. The highest BCUT2D eigenvalue weighted by molar-refractivity contribution is 5.98. The Kier molecular flexibility index (Phi) is 9.37. The van der Waals surface area contributed by atoms with Gasteiger partial charge in [0.2, 0.25) is 5.91 Å². The van der Waals surface area contributed by atoms with Gasteiger partial charge in [-0.05, 0) is 50.6 Å². The quantitative estimate of drug-likeness (QED) is 0.306. The zero-order valence-electron chi connectivity index (χ0n) is 22.3. The van der Waals surface area contributed by atoms with Crippen LogP contribution in [0.15, 0.2) is 60.8 Å². The van der Waals surface area contributed by atoms with Crippen molar-refractivity contribution in [2.24, 2.45) is 0 Å². The Morgan fingerprint density at radius 3 is 2.29 bits per heavy atom. The molecule has 0 aliphatic carbocycles. The summed E-state index contributed by atoms with van der Waals surface area (Å²) in [5, 5.41) is 15.3. The molecule has 11 nitrogen and oxygen atoms in total. The molecule has 0 fully saturated rings. The Morgan fingerprint density at radius 2 is 1.68 bits per heavy atom. The van der Waals surface area contributed by atoms with Gasteiger partial charge in [-0.3, -0.25) is 14.6 Å². The molecule has 218 valence electrons. The average molecular weight is 576 g/mol. The number of amides is 4. The predicted molar refractivity (Wildman–Crippen MR) is 142 cm³/mol. The molecule has 0 radical (unpaired) electrons. The molecule has 0 aliphatic rings. The first-order chi connectivity index (χ1) is 19.1. The number of alkyl halides is 3. The summed E-state index contributed by atoms with van der Waals surface area (Å²) in [7, 11) is 0. The van der Waals surface area contributed by atoms with E-state index < -0.39 is 53.9 Å². The molecule has 0 spiro atoms. The van der Waals surface area contributed by atoms with Crippen molar-refractivity contribution >= 4 is 40.6 Å². The number of carboxylic acids is 1. The number of benzene rings is 2. The lowest BCUT2D eigenvalue weighted by atomic mass is 10.0. The second kappa shape index (κ2) is 12.5. The molecule has 14 heteroatoms. The van der Waals surface area contributed by atoms with E-state index in [0.717, 1.165) is 24.3 Å². The summed E-state index contributed by atoms with van der Waals surface area (Å²) < 4.78 is 44.1. The molecular weight excluding hydrogens is 547 g/mol. The van der Waals surface area contributed by atoms with Crippen molar-refractivity contribution < 1.29 is 42.2 Å². The predicted octanol–water partition coefficient (Wildman–Crippen LogP) is 4.34. The maximum Gasteiger partial charge on any atom is 0.426 e. The molecule has 0 bridgehead atoms. The number of fused-ring (bicyclic) bond motifs is 1. The van der Waals surface area contributed by atoms with Gasteiger partial charge in [-0.2, -0.15) is 13.2 Å². The summed E-state index contributed by atoms with van der Waals surface area (Å²) in [6.07, 6.45) is -4.58. The number of aromatic nitrogens is 1. The van der Waals surface area contributed by atoms with Crippen molar-refractivity contribution in [3.63, 3.8) is 0 Å².